The Kier molecular flexibility index (Phi) is 4.91. The molecule has 0 saturated heterocycles. The van der Waals surface area contributed by atoms with Crippen LogP contribution in [0.15, 0.2) is 60.7 Å². The molecule has 0 bridgehead atoms. The quantitative estimate of drug-likeness (QED) is 0.482. The molecular formula is C21H21N3OS. The largest absolute Gasteiger partial charge is 0.507 e. The third-order valence-corrected chi connectivity index (χ3v) is 4.39. The molecule has 0 fully saturated rings. The van der Waals surface area contributed by atoms with Crippen LogP contribution in [0.25, 0.3) is 17.1 Å². The molecule has 0 unspecified atom stereocenters. The zero-order chi connectivity index (χ0) is 18.8. The SMILES string of the molecule is C=C(C)/C=C(\c1ccccc1C)n1c(-c2ccc(C)cc2O)n[nH]c1=S. The van der Waals surface area contributed by atoms with Gasteiger partial charge in [-0.05, 0) is 62.3 Å². The summed E-state index contributed by atoms with van der Waals surface area (Å²) in [5.74, 6) is 0.725. The van der Waals surface area contributed by atoms with Crippen molar-refractivity contribution in [2.45, 2.75) is 20.8 Å². The maximum absolute atomic E-state index is 10.4. The molecule has 0 radical (unpaired) electrons. The van der Waals surface area contributed by atoms with Crippen molar-refractivity contribution >= 4 is 17.9 Å². The molecule has 1 aromatic heterocycles. The van der Waals surface area contributed by atoms with Gasteiger partial charge in [0.05, 0.1) is 11.3 Å². The number of benzene rings is 2. The Labute approximate surface area is 158 Å². The van der Waals surface area contributed by atoms with E-state index in [4.69, 9.17) is 12.2 Å². The standard InChI is InChI=1S/C21H21N3OS/c1-13(2)11-18(16-8-6-5-7-15(16)4)24-20(22-23-21(24)26)17-10-9-14(3)12-19(17)25/h5-12,25H,1H2,2-4H3,(H,23,26)/b18-11+. The average molecular weight is 363 g/mol. The Balaban J connectivity index is 2.31. The number of nitrogens with zero attached hydrogens (tertiary/aromatic N) is 2. The summed E-state index contributed by atoms with van der Waals surface area (Å²) >= 11 is 5.51. The van der Waals surface area contributed by atoms with Gasteiger partial charge in [0.15, 0.2) is 10.6 Å². The first kappa shape index (κ1) is 17.9. The van der Waals surface area contributed by atoms with Crippen molar-refractivity contribution in [3.63, 3.8) is 0 Å². The van der Waals surface area contributed by atoms with Gasteiger partial charge in [0.25, 0.3) is 0 Å². The molecule has 0 aliphatic heterocycles. The van der Waals surface area contributed by atoms with E-state index in [-0.39, 0.29) is 5.75 Å². The number of H-pyrrole nitrogens is 1. The van der Waals surface area contributed by atoms with E-state index in [9.17, 15) is 5.11 Å². The van der Waals surface area contributed by atoms with E-state index in [0.717, 1.165) is 28.0 Å². The van der Waals surface area contributed by atoms with Gasteiger partial charge in [-0.2, -0.15) is 5.10 Å². The molecule has 5 heteroatoms. The fourth-order valence-corrected chi connectivity index (χ4v) is 3.12. The number of allylic oxidation sites excluding steroid dienone is 2. The number of aromatic nitrogens is 3. The van der Waals surface area contributed by atoms with Gasteiger partial charge in [-0.15, -0.1) is 0 Å². The predicted molar refractivity (Wildman–Crippen MR) is 109 cm³/mol. The minimum atomic E-state index is 0.166. The highest BCUT2D eigenvalue weighted by Crippen LogP contribution is 2.32. The number of phenols is 1. The number of rotatable bonds is 4. The predicted octanol–water partition coefficient (Wildman–Crippen LogP) is 5.40. The highest BCUT2D eigenvalue weighted by atomic mass is 32.1. The van der Waals surface area contributed by atoms with E-state index in [1.807, 2.05) is 67.8 Å². The van der Waals surface area contributed by atoms with Crippen LogP contribution in [0.3, 0.4) is 0 Å². The normalized spacial score (nSPS) is 11.6. The molecule has 4 nitrogen and oxygen atoms in total. The van der Waals surface area contributed by atoms with E-state index in [0.29, 0.717) is 16.2 Å². The van der Waals surface area contributed by atoms with Crippen LogP contribution in [-0.4, -0.2) is 19.9 Å². The lowest BCUT2D eigenvalue weighted by Gasteiger charge is -2.15. The monoisotopic (exact) mass is 363 g/mol. The minimum absolute atomic E-state index is 0.166. The second kappa shape index (κ2) is 7.14. The second-order valence-electron chi connectivity index (χ2n) is 6.40. The molecular weight excluding hydrogens is 342 g/mol. The van der Waals surface area contributed by atoms with Crippen LogP contribution in [0.1, 0.15) is 23.6 Å². The number of hydrogen-bond donors (Lipinski definition) is 2. The van der Waals surface area contributed by atoms with Crippen LogP contribution < -0.4 is 0 Å². The Bertz CT molecular complexity index is 1070. The van der Waals surface area contributed by atoms with E-state index in [1.54, 1.807) is 6.07 Å². The highest BCUT2D eigenvalue weighted by molar-refractivity contribution is 7.71. The number of aryl methyl sites for hydroxylation is 2. The summed E-state index contributed by atoms with van der Waals surface area (Å²) in [6, 6.07) is 13.6. The fraction of sp³-hybridized carbons (Fsp3) is 0.143. The summed E-state index contributed by atoms with van der Waals surface area (Å²) in [6.07, 6.45) is 1.97. The van der Waals surface area contributed by atoms with E-state index in [1.165, 1.54) is 0 Å². The molecule has 0 aliphatic rings. The molecule has 0 atom stereocenters. The smallest absolute Gasteiger partial charge is 0.200 e. The summed E-state index contributed by atoms with van der Waals surface area (Å²) in [5.41, 5.74) is 5.49. The molecule has 132 valence electrons. The maximum atomic E-state index is 10.4. The molecule has 3 rings (SSSR count). The summed E-state index contributed by atoms with van der Waals surface area (Å²) in [6.45, 7) is 9.93. The molecule has 2 aromatic carbocycles. The Hall–Kier alpha value is -2.92. The molecule has 1 heterocycles. The number of phenolic OH excluding ortho intramolecular Hbond substituents is 1. The average Bonchev–Trinajstić information content (AvgIpc) is 2.94. The van der Waals surface area contributed by atoms with Gasteiger partial charge in [-0.3, -0.25) is 9.67 Å². The number of aromatic hydroxyl groups is 1. The summed E-state index contributed by atoms with van der Waals surface area (Å²) < 4.78 is 2.30. The van der Waals surface area contributed by atoms with Crippen LogP contribution in [-0.2, 0) is 0 Å². The van der Waals surface area contributed by atoms with Crippen molar-refractivity contribution in [3.8, 4) is 17.1 Å². The zero-order valence-corrected chi connectivity index (χ0v) is 15.9. The van der Waals surface area contributed by atoms with Crippen LogP contribution in [0.2, 0.25) is 0 Å². The lowest BCUT2D eigenvalue weighted by atomic mass is 10.0. The van der Waals surface area contributed by atoms with Crippen molar-refractivity contribution in [1.82, 2.24) is 14.8 Å². The maximum Gasteiger partial charge on any atom is 0.200 e. The van der Waals surface area contributed by atoms with Gasteiger partial charge in [0.1, 0.15) is 5.75 Å². The van der Waals surface area contributed by atoms with Gasteiger partial charge in [0, 0.05) is 5.56 Å². The van der Waals surface area contributed by atoms with Gasteiger partial charge in [-0.1, -0.05) is 42.5 Å². The number of nitrogens with one attached hydrogen (secondary N) is 1. The lowest BCUT2D eigenvalue weighted by molar-refractivity contribution is 0.476. The van der Waals surface area contributed by atoms with Gasteiger partial charge < -0.3 is 5.11 Å². The Morgan fingerprint density at radius 1 is 1.23 bits per heavy atom. The molecule has 0 aliphatic carbocycles. The van der Waals surface area contributed by atoms with Crippen molar-refractivity contribution in [2.75, 3.05) is 0 Å². The number of aromatic amines is 1. The van der Waals surface area contributed by atoms with Gasteiger partial charge >= 0.3 is 0 Å². The van der Waals surface area contributed by atoms with E-state index < -0.39 is 0 Å². The van der Waals surface area contributed by atoms with Crippen LogP contribution >= 0.6 is 12.2 Å². The molecule has 3 aromatic rings. The highest BCUT2D eigenvalue weighted by Gasteiger charge is 2.18. The summed E-state index contributed by atoms with van der Waals surface area (Å²) in [4.78, 5) is 0. The van der Waals surface area contributed by atoms with E-state index in [2.05, 4.69) is 16.8 Å². The zero-order valence-electron chi connectivity index (χ0n) is 15.1. The molecule has 0 amide bonds. The first-order valence-electron chi connectivity index (χ1n) is 8.29. The van der Waals surface area contributed by atoms with Crippen LogP contribution in [0, 0.1) is 18.6 Å². The molecule has 0 saturated carbocycles. The first-order valence-corrected chi connectivity index (χ1v) is 8.70. The molecule has 2 N–H and O–H groups in total. The van der Waals surface area contributed by atoms with E-state index >= 15 is 0 Å². The number of hydrogen-bond acceptors (Lipinski definition) is 3. The lowest BCUT2D eigenvalue weighted by Crippen LogP contribution is -2.04. The van der Waals surface area contributed by atoms with Gasteiger partial charge in [0.2, 0.25) is 0 Å². The molecule has 0 spiro atoms. The van der Waals surface area contributed by atoms with Crippen molar-refractivity contribution in [2.24, 2.45) is 0 Å². The minimum Gasteiger partial charge on any atom is -0.507 e. The van der Waals surface area contributed by atoms with Crippen molar-refractivity contribution in [1.29, 1.82) is 0 Å². The van der Waals surface area contributed by atoms with Crippen molar-refractivity contribution in [3.05, 3.63) is 82.2 Å². The van der Waals surface area contributed by atoms with Crippen molar-refractivity contribution < 1.29 is 5.11 Å². The fourth-order valence-electron chi connectivity index (χ4n) is 2.89. The Morgan fingerprint density at radius 3 is 2.62 bits per heavy atom. The third-order valence-electron chi connectivity index (χ3n) is 4.11. The van der Waals surface area contributed by atoms with Crippen LogP contribution in [0.4, 0.5) is 0 Å². The van der Waals surface area contributed by atoms with Gasteiger partial charge in [-0.25, -0.2) is 0 Å². The molecule has 26 heavy (non-hydrogen) atoms. The third kappa shape index (κ3) is 3.39. The Morgan fingerprint density at radius 2 is 1.96 bits per heavy atom. The topological polar surface area (TPSA) is 53.8 Å². The second-order valence-corrected chi connectivity index (χ2v) is 6.79. The first-order chi connectivity index (χ1) is 12.4. The summed E-state index contributed by atoms with van der Waals surface area (Å²) in [5, 5.41) is 17.7. The van der Waals surface area contributed by atoms with Crippen LogP contribution in [0.5, 0.6) is 5.75 Å². The summed E-state index contributed by atoms with van der Waals surface area (Å²) in [7, 11) is 0.